The number of nitrogens with one attached hydrogen (secondary N) is 1. The summed E-state index contributed by atoms with van der Waals surface area (Å²) in [6, 6.07) is 14.9. The maximum Gasteiger partial charge on any atom is 0.259 e. The predicted molar refractivity (Wildman–Crippen MR) is 139 cm³/mol. The Balaban J connectivity index is 1.71. The van der Waals surface area contributed by atoms with Gasteiger partial charge in [-0.15, -0.1) is 11.3 Å². The Morgan fingerprint density at radius 3 is 2.61 bits per heavy atom. The molecule has 0 fully saturated rings. The molecule has 2 aromatic carbocycles. The minimum absolute atomic E-state index is 0.129. The molecule has 6 heteroatoms. The molecule has 4 nitrogen and oxygen atoms in total. The standard InChI is InChI=1S/C27H29ClN2O2S/c1-27(2,3)18-9-14-21-23(15-18)33-26(29-16-17-7-5-6-8-22(17)32-4)24(21)25(31)30-20-12-10-19(28)11-13-20/h5-8,10-13,16,18H,9,14-15H2,1-4H3,(H,30,31)/t18-/m1/s1. The summed E-state index contributed by atoms with van der Waals surface area (Å²) in [6.07, 6.45) is 4.73. The third kappa shape index (κ3) is 5.31. The van der Waals surface area contributed by atoms with E-state index in [4.69, 9.17) is 21.3 Å². The molecule has 1 atom stereocenters. The van der Waals surface area contributed by atoms with Gasteiger partial charge in [-0.2, -0.15) is 0 Å². The molecule has 4 rings (SSSR count). The summed E-state index contributed by atoms with van der Waals surface area (Å²) < 4.78 is 5.45. The number of para-hydroxylation sites is 1. The first-order chi connectivity index (χ1) is 15.8. The van der Waals surface area contributed by atoms with Crippen LogP contribution in [-0.2, 0) is 12.8 Å². The minimum atomic E-state index is -0.129. The molecule has 1 aromatic heterocycles. The second kappa shape index (κ2) is 9.70. The Hall–Kier alpha value is -2.63. The quantitative estimate of drug-likeness (QED) is 0.383. The Morgan fingerprint density at radius 2 is 1.91 bits per heavy atom. The number of fused-ring (bicyclic) bond motifs is 1. The van der Waals surface area contributed by atoms with Crippen molar-refractivity contribution in [1.29, 1.82) is 0 Å². The van der Waals surface area contributed by atoms with Crippen molar-refractivity contribution in [2.24, 2.45) is 16.3 Å². The van der Waals surface area contributed by atoms with Gasteiger partial charge >= 0.3 is 0 Å². The van der Waals surface area contributed by atoms with Crippen molar-refractivity contribution in [3.8, 4) is 5.75 Å². The molecule has 0 saturated carbocycles. The van der Waals surface area contributed by atoms with E-state index in [0.717, 1.165) is 41.1 Å². The van der Waals surface area contributed by atoms with Crippen molar-refractivity contribution in [2.45, 2.75) is 40.0 Å². The number of hydrogen-bond acceptors (Lipinski definition) is 4. The number of thiophene rings is 1. The highest BCUT2D eigenvalue weighted by atomic mass is 35.5. The normalized spacial score (nSPS) is 16.0. The summed E-state index contributed by atoms with van der Waals surface area (Å²) in [4.78, 5) is 19.5. The van der Waals surface area contributed by atoms with Crippen LogP contribution in [0.4, 0.5) is 10.7 Å². The van der Waals surface area contributed by atoms with E-state index >= 15 is 0 Å². The van der Waals surface area contributed by atoms with Gasteiger partial charge in [-0.3, -0.25) is 4.79 Å². The zero-order valence-electron chi connectivity index (χ0n) is 19.4. The van der Waals surface area contributed by atoms with Crippen LogP contribution < -0.4 is 10.1 Å². The van der Waals surface area contributed by atoms with E-state index in [1.54, 1.807) is 36.8 Å². The van der Waals surface area contributed by atoms with E-state index in [0.29, 0.717) is 22.2 Å². The maximum atomic E-state index is 13.4. The van der Waals surface area contributed by atoms with Crippen LogP contribution in [0.5, 0.6) is 5.75 Å². The highest BCUT2D eigenvalue weighted by Crippen LogP contribution is 2.45. The van der Waals surface area contributed by atoms with Crippen LogP contribution in [-0.4, -0.2) is 19.2 Å². The number of methoxy groups -OCH3 is 1. The Morgan fingerprint density at radius 1 is 1.18 bits per heavy atom. The van der Waals surface area contributed by atoms with Crippen LogP contribution in [0, 0.1) is 11.3 Å². The van der Waals surface area contributed by atoms with E-state index in [2.05, 4.69) is 26.1 Å². The first-order valence-corrected chi connectivity index (χ1v) is 12.3. The number of anilines is 1. The molecule has 0 aliphatic heterocycles. The first-order valence-electron chi connectivity index (χ1n) is 11.1. The number of aliphatic imine (C=N–C) groups is 1. The van der Waals surface area contributed by atoms with Crippen molar-refractivity contribution >= 4 is 45.7 Å². The van der Waals surface area contributed by atoms with E-state index in [1.165, 1.54) is 4.88 Å². The van der Waals surface area contributed by atoms with Crippen LogP contribution in [0.3, 0.4) is 0 Å². The number of amides is 1. The van der Waals surface area contributed by atoms with Gasteiger partial charge < -0.3 is 10.1 Å². The van der Waals surface area contributed by atoms with E-state index in [1.807, 2.05) is 36.4 Å². The molecule has 0 saturated heterocycles. The molecule has 1 aliphatic carbocycles. The lowest BCUT2D eigenvalue weighted by molar-refractivity contribution is 0.102. The van der Waals surface area contributed by atoms with Gasteiger partial charge in [0.1, 0.15) is 10.8 Å². The largest absolute Gasteiger partial charge is 0.496 e. The number of carbonyl (C=O) groups excluding carboxylic acids is 1. The molecule has 0 unspecified atom stereocenters. The number of rotatable bonds is 5. The highest BCUT2D eigenvalue weighted by Gasteiger charge is 2.33. The molecule has 172 valence electrons. The summed E-state index contributed by atoms with van der Waals surface area (Å²) in [7, 11) is 1.65. The number of carbonyl (C=O) groups is 1. The number of nitrogens with zero attached hydrogens (tertiary/aromatic N) is 1. The third-order valence-electron chi connectivity index (χ3n) is 6.26. The monoisotopic (exact) mass is 480 g/mol. The van der Waals surface area contributed by atoms with Gasteiger partial charge in [0.15, 0.2) is 0 Å². The zero-order valence-corrected chi connectivity index (χ0v) is 21.0. The molecule has 0 spiro atoms. The van der Waals surface area contributed by atoms with Crippen molar-refractivity contribution in [3.05, 3.63) is 75.1 Å². The molecular weight excluding hydrogens is 452 g/mol. The minimum Gasteiger partial charge on any atom is -0.496 e. The molecule has 3 aromatic rings. The van der Waals surface area contributed by atoms with Gasteiger partial charge in [0.25, 0.3) is 5.91 Å². The van der Waals surface area contributed by atoms with E-state index < -0.39 is 0 Å². The smallest absolute Gasteiger partial charge is 0.259 e. The molecule has 1 aliphatic rings. The van der Waals surface area contributed by atoms with Gasteiger partial charge in [0.2, 0.25) is 0 Å². The summed E-state index contributed by atoms with van der Waals surface area (Å²) in [5.74, 6) is 1.21. The second-order valence-electron chi connectivity index (χ2n) is 9.45. The van der Waals surface area contributed by atoms with E-state index in [-0.39, 0.29) is 11.3 Å². The Bertz CT molecular complexity index is 1180. The lowest BCUT2D eigenvalue weighted by Gasteiger charge is -2.33. The van der Waals surface area contributed by atoms with Crippen LogP contribution in [0.25, 0.3) is 0 Å². The van der Waals surface area contributed by atoms with Crippen molar-refractivity contribution in [3.63, 3.8) is 0 Å². The lowest BCUT2D eigenvalue weighted by Crippen LogP contribution is -2.27. The molecule has 0 radical (unpaired) electrons. The van der Waals surface area contributed by atoms with Crippen molar-refractivity contribution < 1.29 is 9.53 Å². The van der Waals surface area contributed by atoms with Gasteiger partial charge in [0, 0.05) is 27.4 Å². The fourth-order valence-electron chi connectivity index (χ4n) is 4.26. The zero-order chi connectivity index (χ0) is 23.6. The van der Waals surface area contributed by atoms with Crippen LogP contribution in [0.15, 0.2) is 53.5 Å². The van der Waals surface area contributed by atoms with Crippen LogP contribution >= 0.6 is 22.9 Å². The number of benzene rings is 2. The Labute approximate surface area is 204 Å². The number of halogens is 1. The summed E-state index contributed by atoms with van der Waals surface area (Å²) in [5.41, 5.74) is 3.65. The van der Waals surface area contributed by atoms with Gasteiger partial charge in [-0.05, 0) is 72.6 Å². The van der Waals surface area contributed by atoms with E-state index in [9.17, 15) is 4.79 Å². The molecule has 1 heterocycles. The van der Waals surface area contributed by atoms with Crippen molar-refractivity contribution in [2.75, 3.05) is 12.4 Å². The van der Waals surface area contributed by atoms with Gasteiger partial charge in [-0.25, -0.2) is 4.99 Å². The topological polar surface area (TPSA) is 50.7 Å². The lowest BCUT2D eigenvalue weighted by atomic mass is 9.72. The molecule has 1 N–H and O–H groups in total. The maximum absolute atomic E-state index is 13.4. The average Bonchev–Trinajstić information content (AvgIpc) is 3.16. The predicted octanol–water partition coefficient (Wildman–Crippen LogP) is 7.56. The third-order valence-corrected chi connectivity index (χ3v) is 7.67. The number of hydrogen-bond donors (Lipinski definition) is 1. The molecule has 1 amide bonds. The SMILES string of the molecule is COc1ccccc1C=Nc1sc2c(c1C(=O)Nc1ccc(Cl)cc1)CC[C@@H](C(C)(C)C)C2. The molecule has 33 heavy (non-hydrogen) atoms. The highest BCUT2D eigenvalue weighted by molar-refractivity contribution is 7.16. The molecule has 0 bridgehead atoms. The first kappa shape index (κ1) is 23.5. The van der Waals surface area contributed by atoms with Crippen LogP contribution in [0.2, 0.25) is 5.02 Å². The number of ether oxygens (including phenoxy) is 1. The summed E-state index contributed by atoms with van der Waals surface area (Å²) in [6.45, 7) is 6.89. The fourth-order valence-corrected chi connectivity index (χ4v) is 5.66. The Kier molecular flexibility index (Phi) is 6.91. The summed E-state index contributed by atoms with van der Waals surface area (Å²) in [5, 5.41) is 4.41. The summed E-state index contributed by atoms with van der Waals surface area (Å²) >= 11 is 7.64. The van der Waals surface area contributed by atoms with Crippen LogP contribution in [0.1, 0.15) is 53.6 Å². The molecular formula is C27H29ClN2O2S. The van der Waals surface area contributed by atoms with Gasteiger partial charge in [-0.1, -0.05) is 44.5 Å². The van der Waals surface area contributed by atoms with Gasteiger partial charge in [0.05, 0.1) is 12.7 Å². The van der Waals surface area contributed by atoms with Crippen molar-refractivity contribution in [1.82, 2.24) is 0 Å². The average molecular weight is 481 g/mol. The second-order valence-corrected chi connectivity index (χ2v) is 11.0. The fraction of sp³-hybridized carbons (Fsp3) is 0.333.